The molecule has 2 aromatic rings. The van der Waals surface area contributed by atoms with E-state index in [1.807, 2.05) is 0 Å². The maximum absolute atomic E-state index is 13.7. The van der Waals surface area contributed by atoms with Crippen molar-refractivity contribution in [3.05, 3.63) is 64.7 Å². The molecule has 21 heavy (non-hydrogen) atoms. The quantitative estimate of drug-likeness (QED) is 0.915. The number of halogens is 3. The summed E-state index contributed by atoms with van der Waals surface area (Å²) < 4.78 is 27.4. The molecule has 0 saturated carbocycles. The number of hydrogen-bond donors (Lipinski definition) is 1. The lowest BCUT2D eigenvalue weighted by atomic mass is 10.1. The van der Waals surface area contributed by atoms with Crippen LogP contribution < -0.4 is 4.90 Å². The zero-order chi connectivity index (χ0) is 15.4. The van der Waals surface area contributed by atoms with Crippen LogP contribution in [-0.4, -0.2) is 17.6 Å². The lowest BCUT2D eigenvalue weighted by Gasteiger charge is -2.23. The van der Waals surface area contributed by atoms with Crippen LogP contribution in [0.3, 0.4) is 0 Å². The van der Waals surface area contributed by atoms with Crippen LogP contribution in [0.1, 0.15) is 5.56 Å². The number of anilines is 1. The largest absolute Gasteiger partial charge is 0.480 e. The minimum Gasteiger partial charge on any atom is -0.480 e. The van der Waals surface area contributed by atoms with Crippen LogP contribution in [0.4, 0.5) is 14.5 Å². The summed E-state index contributed by atoms with van der Waals surface area (Å²) in [4.78, 5) is 12.3. The number of nitrogens with zero attached hydrogens (tertiary/aromatic N) is 1. The number of hydrogen-bond acceptors (Lipinski definition) is 2. The molecule has 0 bridgehead atoms. The standard InChI is InChI=1S/C15H12ClF2NO2/c16-10-3-1-4-11(7-10)19(9-15(20)21)8-12-13(17)5-2-6-14(12)18/h1-7H,8-9H2,(H,20,21). The third-order valence-electron chi connectivity index (χ3n) is 2.91. The van der Waals surface area contributed by atoms with Gasteiger partial charge in [0, 0.05) is 22.8 Å². The van der Waals surface area contributed by atoms with Crippen molar-refractivity contribution in [3.63, 3.8) is 0 Å². The number of aliphatic carboxylic acids is 1. The Bertz CT molecular complexity index is 644. The summed E-state index contributed by atoms with van der Waals surface area (Å²) in [6, 6.07) is 9.98. The molecule has 0 aromatic heterocycles. The average Bonchev–Trinajstić information content (AvgIpc) is 2.41. The molecule has 0 aliphatic carbocycles. The average molecular weight is 312 g/mol. The lowest BCUT2D eigenvalue weighted by Crippen LogP contribution is -2.30. The van der Waals surface area contributed by atoms with Crippen molar-refractivity contribution in [1.82, 2.24) is 0 Å². The molecule has 0 spiro atoms. The number of benzene rings is 2. The van der Waals surface area contributed by atoms with E-state index in [0.29, 0.717) is 10.7 Å². The third kappa shape index (κ3) is 3.92. The monoisotopic (exact) mass is 311 g/mol. The fraction of sp³-hybridized carbons (Fsp3) is 0.133. The molecule has 0 unspecified atom stereocenters. The molecule has 0 aliphatic rings. The van der Waals surface area contributed by atoms with E-state index in [9.17, 15) is 13.6 Å². The molecule has 0 saturated heterocycles. The van der Waals surface area contributed by atoms with Gasteiger partial charge in [0.05, 0.1) is 0 Å². The Kier molecular flexibility index (Phi) is 4.75. The van der Waals surface area contributed by atoms with Gasteiger partial charge in [-0.25, -0.2) is 8.78 Å². The highest BCUT2D eigenvalue weighted by Crippen LogP contribution is 2.23. The molecular formula is C15H12ClF2NO2. The highest BCUT2D eigenvalue weighted by Gasteiger charge is 2.16. The molecule has 0 amide bonds. The van der Waals surface area contributed by atoms with Crippen LogP contribution in [0.2, 0.25) is 5.02 Å². The van der Waals surface area contributed by atoms with Gasteiger partial charge >= 0.3 is 5.97 Å². The minimum atomic E-state index is -1.10. The Morgan fingerprint density at radius 2 is 1.76 bits per heavy atom. The molecule has 2 aromatic carbocycles. The van der Waals surface area contributed by atoms with Crippen molar-refractivity contribution in [3.8, 4) is 0 Å². The Balaban J connectivity index is 2.35. The molecule has 0 heterocycles. The Hall–Kier alpha value is -2.14. The predicted molar refractivity (Wildman–Crippen MR) is 76.5 cm³/mol. The topological polar surface area (TPSA) is 40.5 Å². The first-order valence-electron chi connectivity index (χ1n) is 6.12. The van der Waals surface area contributed by atoms with E-state index in [4.69, 9.17) is 16.7 Å². The van der Waals surface area contributed by atoms with Gasteiger partial charge in [-0.2, -0.15) is 0 Å². The molecule has 1 N–H and O–H groups in total. The molecule has 0 atom stereocenters. The van der Waals surface area contributed by atoms with Crippen molar-refractivity contribution in [1.29, 1.82) is 0 Å². The number of carbonyl (C=O) groups is 1. The predicted octanol–water partition coefficient (Wildman–Crippen LogP) is 3.71. The van der Waals surface area contributed by atoms with Gasteiger partial charge in [0.15, 0.2) is 0 Å². The molecule has 6 heteroatoms. The molecular weight excluding hydrogens is 300 g/mol. The summed E-state index contributed by atoms with van der Waals surface area (Å²) in [5.74, 6) is -2.54. The second kappa shape index (κ2) is 6.54. The van der Waals surface area contributed by atoms with Gasteiger partial charge in [-0.3, -0.25) is 4.79 Å². The van der Waals surface area contributed by atoms with Crippen LogP contribution in [0.15, 0.2) is 42.5 Å². The third-order valence-corrected chi connectivity index (χ3v) is 3.15. The molecule has 0 fully saturated rings. The normalized spacial score (nSPS) is 10.4. The van der Waals surface area contributed by atoms with Crippen molar-refractivity contribution in [2.24, 2.45) is 0 Å². The van der Waals surface area contributed by atoms with E-state index in [1.54, 1.807) is 24.3 Å². The molecule has 110 valence electrons. The Morgan fingerprint density at radius 1 is 1.14 bits per heavy atom. The zero-order valence-corrected chi connectivity index (χ0v) is 11.6. The van der Waals surface area contributed by atoms with E-state index in [2.05, 4.69) is 0 Å². The van der Waals surface area contributed by atoms with Crippen LogP contribution in [0.25, 0.3) is 0 Å². The molecule has 0 radical (unpaired) electrons. The minimum absolute atomic E-state index is 0.182. The lowest BCUT2D eigenvalue weighted by molar-refractivity contribution is -0.135. The summed E-state index contributed by atoms with van der Waals surface area (Å²) in [6.45, 7) is -0.598. The number of carboxylic acid groups (broad SMARTS) is 1. The van der Waals surface area contributed by atoms with Gasteiger partial charge in [-0.05, 0) is 30.3 Å². The van der Waals surface area contributed by atoms with E-state index < -0.39 is 24.1 Å². The summed E-state index contributed by atoms with van der Waals surface area (Å²) in [6.07, 6.45) is 0. The van der Waals surface area contributed by atoms with Gasteiger partial charge in [0.2, 0.25) is 0 Å². The SMILES string of the molecule is O=C(O)CN(Cc1c(F)cccc1F)c1cccc(Cl)c1. The fourth-order valence-corrected chi connectivity index (χ4v) is 2.13. The summed E-state index contributed by atoms with van der Waals surface area (Å²) in [5.41, 5.74) is 0.297. The first-order valence-corrected chi connectivity index (χ1v) is 6.50. The Morgan fingerprint density at radius 3 is 2.33 bits per heavy atom. The van der Waals surface area contributed by atoms with Gasteiger partial charge in [-0.1, -0.05) is 23.7 Å². The molecule has 3 nitrogen and oxygen atoms in total. The summed E-state index contributed by atoms with van der Waals surface area (Å²) >= 11 is 5.87. The smallest absolute Gasteiger partial charge is 0.323 e. The first-order chi connectivity index (χ1) is 9.97. The van der Waals surface area contributed by atoms with Crippen LogP contribution >= 0.6 is 11.6 Å². The van der Waals surface area contributed by atoms with E-state index in [-0.39, 0.29) is 12.1 Å². The first kappa shape index (κ1) is 15.3. The second-order valence-electron chi connectivity index (χ2n) is 4.43. The van der Waals surface area contributed by atoms with Gasteiger partial charge in [-0.15, -0.1) is 0 Å². The molecule has 0 aliphatic heterocycles. The fourth-order valence-electron chi connectivity index (χ4n) is 1.95. The number of carboxylic acids is 1. The van der Waals surface area contributed by atoms with Crippen LogP contribution in [-0.2, 0) is 11.3 Å². The summed E-state index contributed by atoms with van der Waals surface area (Å²) in [7, 11) is 0. The summed E-state index contributed by atoms with van der Waals surface area (Å²) in [5, 5.41) is 9.38. The maximum Gasteiger partial charge on any atom is 0.323 e. The van der Waals surface area contributed by atoms with Crippen molar-refractivity contribution >= 4 is 23.3 Å². The van der Waals surface area contributed by atoms with Gasteiger partial charge in [0.1, 0.15) is 18.2 Å². The highest BCUT2D eigenvalue weighted by atomic mass is 35.5. The molecule has 2 rings (SSSR count). The van der Waals surface area contributed by atoms with E-state index >= 15 is 0 Å². The number of rotatable bonds is 5. The Labute approximate surface area is 125 Å². The van der Waals surface area contributed by atoms with Gasteiger partial charge in [0.25, 0.3) is 0 Å². The van der Waals surface area contributed by atoms with E-state index in [0.717, 1.165) is 12.1 Å². The maximum atomic E-state index is 13.7. The van der Waals surface area contributed by atoms with Crippen molar-refractivity contribution < 1.29 is 18.7 Å². The van der Waals surface area contributed by atoms with Crippen LogP contribution in [0, 0.1) is 11.6 Å². The second-order valence-corrected chi connectivity index (χ2v) is 4.87. The van der Waals surface area contributed by atoms with Gasteiger partial charge < -0.3 is 10.0 Å². The van der Waals surface area contributed by atoms with Crippen molar-refractivity contribution in [2.45, 2.75) is 6.54 Å². The highest BCUT2D eigenvalue weighted by molar-refractivity contribution is 6.30. The zero-order valence-electron chi connectivity index (χ0n) is 10.9. The van der Waals surface area contributed by atoms with E-state index in [1.165, 1.54) is 11.0 Å². The van der Waals surface area contributed by atoms with Crippen molar-refractivity contribution in [2.75, 3.05) is 11.4 Å². The van der Waals surface area contributed by atoms with Crippen LogP contribution in [0.5, 0.6) is 0 Å².